The summed E-state index contributed by atoms with van der Waals surface area (Å²) in [4.78, 5) is 17.0. The first kappa shape index (κ1) is 15.6. The first-order chi connectivity index (χ1) is 10.5. The van der Waals surface area contributed by atoms with E-state index in [2.05, 4.69) is 4.90 Å². The van der Waals surface area contributed by atoms with Gasteiger partial charge in [0.1, 0.15) is 11.5 Å². The van der Waals surface area contributed by atoms with Crippen LogP contribution in [0.3, 0.4) is 0 Å². The van der Waals surface area contributed by atoms with E-state index in [1.54, 1.807) is 0 Å². The molecule has 0 spiro atoms. The number of nitrogens with zero attached hydrogens (tertiary/aromatic N) is 2. The van der Waals surface area contributed by atoms with Crippen molar-refractivity contribution in [2.75, 3.05) is 26.2 Å². The molecule has 1 aliphatic carbocycles. The molecule has 2 aliphatic rings. The highest BCUT2D eigenvalue weighted by Gasteiger charge is 2.34. The van der Waals surface area contributed by atoms with Crippen molar-refractivity contribution < 1.29 is 14.3 Å². The number of rotatable bonds is 2. The van der Waals surface area contributed by atoms with E-state index >= 15 is 0 Å². The van der Waals surface area contributed by atoms with Gasteiger partial charge in [-0.1, -0.05) is 0 Å². The highest BCUT2D eigenvalue weighted by atomic mass is 16.3. The predicted octanol–water partition coefficient (Wildman–Crippen LogP) is 1.88. The third-order valence-corrected chi connectivity index (χ3v) is 5.29. The molecule has 22 heavy (non-hydrogen) atoms. The Morgan fingerprint density at radius 3 is 2.27 bits per heavy atom. The number of piperazine rings is 1. The maximum Gasteiger partial charge on any atom is 0.257 e. The van der Waals surface area contributed by atoms with Crippen molar-refractivity contribution >= 4 is 5.91 Å². The zero-order valence-electron chi connectivity index (χ0n) is 13.8. The molecular formula is C17H26N2O3. The van der Waals surface area contributed by atoms with Gasteiger partial charge < -0.3 is 14.4 Å². The molecule has 1 amide bonds. The molecule has 2 heterocycles. The van der Waals surface area contributed by atoms with Gasteiger partial charge in [-0.25, -0.2) is 0 Å². The highest BCUT2D eigenvalue weighted by molar-refractivity contribution is 5.97. The number of carbonyl (C=O) groups excluding carboxylic acids is 1. The Morgan fingerprint density at radius 2 is 1.77 bits per heavy atom. The maximum atomic E-state index is 12.7. The number of carbonyl (C=O) groups is 1. The van der Waals surface area contributed by atoms with E-state index in [9.17, 15) is 9.90 Å². The van der Waals surface area contributed by atoms with Crippen LogP contribution in [-0.2, 0) is 0 Å². The first-order valence-electron chi connectivity index (χ1n) is 8.27. The molecule has 0 unspecified atom stereocenters. The van der Waals surface area contributed by atoms with Gasteiger partial charge in [-0.15, -0.1) is 0 Å². The molecule has 2 fully saturated rings. The van der Waals surface area contributed by atoms with E-state index in [1.165, 1.54) is 0 Å². The van der Waals surface area contributed by atoms with E-state index in [4.69, 9.17) is 4.42 Å². The Balaban J connectivity index is 1.65. The van der Waals surface area contributed by atoms with Crippen LogP contribution in [0.25, 0.3) is 0 Å². The predicted molar refractivity (Wildman–Crippen MR) is 84.0 cm³/mol. The Labute approximate surface area is 131 Å². The summed E-state index contributed by atoms with van der Waals surface area (Å²) in [6, 6.07) is 0.289. The van der Waals surface area contributed by atoms with E-state index in [1.807, 2.05) is 25.7 Å². The number of amides is 1. The standard InChI is InChI=1S/C17H26N2O3/c1-11-12(2)22-13(3)16(11)17(21)19-9-7-18(8-10-19)14-5-4-6-15(14)20/h14-15,20H,4-10H2,1-3H3/t14-,15+/m1/s1. The summed E-state index contributed by atoms with van der Waals surface area (Å²) < 4.78 is 5.58. The van der Waals surface area contributed by atoms with Gasteiger partial charge in [-0.3, -0.25) is 9.69 Å². The third kappa shape index (κ3) is 2.68. The molecule has 1 saturated heterocycles. The number of aliphatic hydroxyl groups is 1. The van der Waals surface area contributed by atoms with Gasteiger partial charge in [0.25, 0.3) is 5.91 Å². The van der Waals surface area contributed by atoms with Crippen LogP contribution in [0, 0.1) is 20.8 Å². The Morgan fingerprint density at radius 1 is 1.09 bits per heavy atom. The fourth-order valence-corrected chi connectivity index (χ4v) is 3.87. The Bertz CT molecular complexity index is 558. The highest BCUT2D eigenvalue weighted by Crippen LogP contribution is 2.26. The van der Waals surface area contributed by atoms with Crippen LogP contribution in [0.15, 0.2) is 4.42 Å². The summed E-state index contributed by atoms with van der Waals surface area (Å²) in [5.41, 5.74) is 1.68. The number of aliphatic hydroxyl groups excluding tert-OH is 1. The van der Waals surface area contributed by atoms with Crippen molar-refractivity contribution in [1.29, 1.82) is 0 Å². The molecule has 1 saturated carbocycles. The molecule has 3 rings (SSSR count). The molecule has 0 aromatic carbocycles. The molecule has 1 aromatic rings. The molecule has 122 valence electrons. The number of aryl methyl sites for hydroxylation is 2. The fraction of sp³-hybridized carbons (Fsp3) is 0.706. The quantitative estimate of drug-likeness (QED) is 0.906. The topological polar surface area (TPSA) is 56.9 Å². The molecule has 2 atom stereocenters. The SMILES string of the molecule is Cc1oc(C)c(C(=O)N2CCN([C@@H]3CCC[C@@H]3O)CC2)c1C. The Hall–Kier alpha value is -1.33. The van der Waals surface area contributed by atoms with E-state index in [0.29, 0.717) is 5.76 Å². The van der Waals surface area contributed by atoms with Crippen molar-refractivity contribution in [1.82, 2.24) is 9.80 Å². The van der Waals surface area contributed by atoms with Gasteiger partial charge in [0.2, 0.25) is 0 Å². The van der Waals surface area contributed by atoms with E-state index in [-0.39, 0.29) is 18.1 Å². The summed E-state index contributed by atoms with van der Waals surface area (Å²) in [6.07, 6.45) is 2.91. The lowest BCUT2D eigenvalue weighted by Gasteiger charge is -2.39. The Kier molecular flexibility index (Phi) is 4.28. The summed E-state index contributed by atoms with van der Waals surface area (Å²) in [5, 5.41) is 10.0. The van der Waals surface area contributed by atoms with Crippen LogP contribution in [0.2, 0.25) is 0 Å². The zero-order chi connectivity index (χ0) is 15.9. The third-order valence-electron chi connectivity index (χ3n) is 5.29. The molecule has 0 radical (unpaired) electrons. The van der Waals surface area contributed by atoms with Crippen LogP contribution in [0.4, 0.5) is 0 Å². The van der Waals surface area contributed by atoms with Gasteiger partial charge in [0.15, 0.2) is 0 Å². The molecule has 0 bridgehead atoms. The molecular weight excluding hydrogens is 280 g/mol. The lowest BCUT2D eigenvalue weighted by Crippen LogP contribution is -2.53. The van der Waals surface area contributed by atoms with Crippen LogP contribution >= 0.6 is 0 Å². The smallest absolute Gasteiger partial charge is 0.257 e. The summed E-state index contributed by atoms with van der Waals surface area (Å²) in [5.74, 6) is 1.63. The van der Waals surface area contributed by atoms with Crippen LogP contribution in [-0.4, -0.2) is 59.1 Å². The number of furan rings is 1. The minimum atomic E-state index is -0.191. The second-order valence-corrected chi connectivity index (χ2v) is 6.61. The molecule has 1 aliphatic heterocycles. The van der Waals surface area contributed by atoms with Gasteiger partial charge in [-0.2, -0.15) is 0 Å². The van der Waals surface area contributed by atoms with Gasteiger partial charge in [-0.05, 0) is 40.0 Å². The normalized spacial score (nSPS) is 26.6. The van der Waals surface area contributed by atoms with Crippen molar-refractivity contribution in [3.63, 3.8) is 0 Å². The lowest BCUT2D eigenvalue weighted by molar-refractivity contribution is 0.0314. The largest absolute Gasteiger partial charge is 0.466 e. The summed E-state index contributed by atoms with van der Waals surface area (Å²) in [6.45, 7) is 8.86. The van der Waals surface area contributed by atoms with Crippen molar-refractivity contribution in [2.24, 2.45) is 0 Å². The van der Waals surface area contributed by atoms with Crippen molar-refractivity contribution in [3.05, 3.63) is 22.6 Å². The average Bonchev–Trinajstić information content (AvgIpc) is 3.03. The summed E-state index contributed by atoms with van der Waals surface area (Å²) >= 11 is 0. The monoisotopic (exact) mass is 306 g/mol. The van der Waals surface area contributed by atoms with Crippen molar-refractivity contribution in [3.8, 4) is 0 Å². The molecule has 1 aromatic heterocycles. The summed E-state index contributed by atoms with van der Waals surface area (Å²) in [7, 11) is 0. The van der Waals surface area contributed by atoms with Gasteiger partial charge >= 0.3 is 0 Å². The second kappa shape index (κ2) is 6.05. The molecule has 5 nitrogen and oxygen atoms in total. The minimum absolute atomic E-state index is 0.0819. The molecule has 1 N–H and O–H groups in total. The van der Waals surface area contributed by atoms with E-state index in [0.717, 1.165) is 62.3 Å². The fourth-order valence-electron chi connectivity index (χ4n) is 3.87. The minimum Gasteiger partial charge on any atom is -0.466 e. The average molecular weight is 306 g/mol. The maximum absolute atomic E-state index is 12.7. The van der Waals surface area contributed by atoms with Crippen LogP contribution in [0.5, 0.6) is 0 Å². The first-order valence-corrected chi connectivity index (χ1v) is 8.27. The second-order valence-electron chi connectivity index (χ2n) is 6.61. The van der Waals surface area contributed by atoms with E-state index < -0.39 is 0 Å². The zero-order valence-corrected chi connectivity index (χ0v) is 13.8. The van der Waals surface area contributed by atoms with Crippen molar-refractivity contribution in [2.45, 2.75) is 52.2 Å². The van der Waals surface area contributed by atoms with Gasteiger partial charge in [0, 0.05) is 37.8 Å². The van der Waals surface area contributed by atoms with Crippen LogP contribution in [0.1, 0.15) is 46.7 Å². The molecule has 5 heteroatoms. The number of hydrogen-bond donors (Lipinski definition) is 1. The van der Waals surface area contributed by atoms with Gasteiger partial charge in [0.05, 0.1) is 11.7 Å². The lowest BCUT2D eigenvalue weighted by atomic mass is 10.1. The number of hydrogen-bond acceptors (Lipinski definition) is 4. The van der Waals surface area contributed by atoms with Crippen LogP contribution < -0.4 is 0 Å².